The zero-order valence-electron chi connectivity index (χ0n) is 62.3. The Morgan fingerprint density at radius 2 is 0.505 bits per heavy atom. The molecule has 0 aliphatic rings. The molecule has 0 aromatic carbocycles. The van der Waals surface area contributed by atoms with Crippen LogP contribution < -0.4 is 0 Å². The number of aliphatic hydroxyl groups is 1. The smallest absolute Gasteiger partial charge is 0.462 e. The number of hydrogen-bond acceptors (Lipinski definition) is 15. The summed E-state index contributed by atoms with van der Waals surface area (Å²) < 4.78 is 68.5. The van der Waals surface area contributed by atoms with E-state index in [4.69, 9.17) is 37.0 Å². The first-order valence-electron chi connectivity index (χ1n) is 39.2. The normalized spacial score (nSPS) is 14.4. The summed E-state index contributed by atoms with van der Waals surface area (Å²) in [5.74, 6) is 0.914. The molecule has 564 valence electrons. The summed E-state index contributed by atoms with van der Waals surface area (Å²) >= 11 is 0. The lowest BCUT2D eigenvalue weighted by Crippen LogP contribution is -2.30. The number of carbonyl (C=O) groups excluding carboxylic acids is 4. The van der Waals surface area contributed by atoms with Gasteiger partial charge in [0.25, 0.3) is 0 Å². The zero-order chi connectivity index (χ0) is 70.3. The fraction of sp³-hybridized carbons (Fsp3) is 0.947. The van der Waals surface area contributed by atoms with Gasteiger partial charge >= 0.3 is 39.5 Å². The number of hydrogen-bond donors (Lipinski definition) is 3. The summed E-state index contributed by atoms with van der Waals surface area (Å²) in [7, 11) is -9.91. The summed E-state index contributed by atoms with van der Waals surface area (Å²) in [6.45, 7) is 14.2. The highest BCUT2D eigenvalue weighted by Gasteiger charge is 2.30. The number of carbonyl (C=O) groups is 4. The van der Waals surface area contributed by atoms with Crippen LogP contribution in [0.1, 0.15) is 383 Å². The van der Waals surface area contributed by atoms with Gasteiger partial charge in [0.15, 0.2) is 12.2 Å². The van der Waals surface area contributed by atoms with E-state index in [1.54, 1.807) is 0 Å². The molecule has 95 heavy (non-hydrogen) atoms. The molecule has 0 amide bonds. The van der Waals surface area contributed by atoms with Gasteiger partial charge < -0.3 is 33.8 Å². The van der Waals surface area contributed by atoms with Gasteiger partial charge in [-0.1, -0.05) is 331 Å². The van der Waals surface area contributed by atoms with Gasteiger partial charge in [-0.15, -0.1) is 0 Å². The number of phosphoric acid groups is 2. The van der Waals surface area contributed by atoms with Crippen LogP contribution in [-0.2, 0) is 65.4 Å². The maximum Gasteiger partial charge on any atom is 0.472 e. The van der Waals surface area contributed by atoms with E-state index in [1.165, 1.54) is 180 Å². The quantitative estimate of drug-likeness (QED) is 0.0222. The van der Waals surface area contributed by atoms with E-state index in [9.17, 15) is 43.2 Å². The van der Waals surface area contributed by atoms with E-state index >= 15 is 0 Å². The first kappa shape index (κ1) is 93.1. The van der Waals surface area contributed by atoms with Gasteiger partial charge in [-0.05, 0) is 49.4 Å². The van der Waals surface area contributed by atoms with Crippen LogP contribution >= 0.6 is 15.6 Å². The summed E-state index contributed by atoms with van der Waals surface area (Å²) in [5.41, 5.74) is 0. The molecule has 0 fully saturated rings. The average Bonchev–Trinajstić information content (AvgIpc) is 2.63. The van der Waals surface area contributed by atoms with Crippen LogP contribution in [0.15, 0.2) is 0 Å². The average molecular weight is 1400 g/mol. The van der Waals surface area contributed by atoms with Crippen LogP contribution in [0.5, 0.6) is 0 Å². The van der Waals surface area contributed by atoms with E-state index in [0.29, 0.717) is 31.6 Å². The maximum absolute atomic E-state index is 13.1. The Balaban J connectivity index is 5.20. The van der Waals surface area contributed by atoms with Crippen LogP contribution in [0.2, 0.25) is 0 Å². The third-order valence-electron chi connectivity index (χ3n) is 17.9. The molecule has 19 heteroatoms. The first-order chi connectivity index (χ1) is 45.6. The lowest BCUT2D eigenvalue weighted by molar-refractivity contribution is -0.161. The third kappa shape index (κ3) is 69.0. The van der Waals surface area contributed by atoms with E-state index in [2.05, 4.69) is 55.4 Å². The van der Waals surface area contributed by atoms with E-state index in [-0.39, 0.29) is 25.7 Å². The van der Waals surface area contributed by atoms with Crippen molar-refractivity contribution in [3.8, 4) is 0 Å². The summed E-state index contributed by atoms with van der Waals surface area (Å²) in [6.07, 6.45) is 50.1. The van der Waals surface area contributed by atoms with Gasteiger partial charge in [0, 0.05) is 25.7 Å². The van der Waals surface area contributed by atoms with Gasteiger partial charge in [-0.3, -0.25) is 37.3 Å². The van der Waals surface area contributed by atoms with Crippen molar-refractivity contribution in [2.45, 2.75) is 401 Å². The van der Waals surface area contributed by atoms with E-state index in [1.807, 2.05) is 0 Å². The molecule has 0 saturated heterocycles. The van der Waals surface area contributed by atoms with Gasteiger partial charge in [-0.25, -0.2) is 9.13 Å². The Hall–Kier alpha value is -1.94. The number of unbranched alkanes of at least 4 members (excludes halogenated alkanes) is 38. The molecular formula is C76H148O17P2. The van der Waals surface area contributed by atoms with Crippen molar-refractivity contribution < 1.29 is 80.2 Å². The van der Waals surface area contributed by atoms with Crippen LogP contribution in [-0.4, -0.2) is 96.7 Å². The molecule has 17 nitrogen and oxygen atoms in total. The Bertz CT molecular complexity index is 1870. The molecule has 0 heterocycles. The summed E-state index contributed by atoms with van der Waals surface area (Å²) in [4.78, 5) is 72.8. The molecule has 0 rings (SSSR count). The number of esters is 4. The molecule has 0 spiro atoms. The molecule has 0 aromatic rings. The van der Waals surface area contributed by atoms with Crippen LogP contribution in [0.4, 0.5) is 0 Å². The predicted molar refractivity (Wildman–Crippen MR) is 386 cm³/mol. The third-order valence-corrected chi connectivity index (χ3v) is 19.8. The van der Waals surface area contributed by atoms with Gasteiger partial charge in [0.2, 0.25) is 0 Å². The highest BCUT2D eigenvalue weighted by Crippen LogP contribution is 2.45. The molecule has 0 aliphatic carbocycles. The Morgan fingerprint density at radius 1 is 0.295 bits per heavy atom. The molecule has 0 aromatic heterocycles. The van der Waals surface area contributed by atoms with Crippen molar-refractivity contribution in [2.24, 2.45) is 23.7 Å². The maximum atomic E-state index is 13.1. The summed E-state index contributed by atoms with van der Waals surface area (Å²) in [6, 6.07) is 0. The van der Waals surface area contributed by atoms with Crippen molar-refractivity contribution in [3.05, 3.63) is 0 Å². The van der Waals surface area contributed by atoms with Crippen molar-refractivity contribution in [3.63, 3.8) is 0 Å². The van der Waals surface area contributed by atoms with Gasteiger partial charge in [0.1, 0.15) is 19.3 Å². The Labute approximate surface area is 581 Å². The van der Waals surface area contributed by atoms with E-state index < -0.39 is 97.5 Å². The van der Waals surface area contributed by atoms with Crippen molar-refractivity contribution in [1.82, 2.24) is 0 Å². The molecule has 3 N–H and O–H groups in total. The lowest BCUT2D eigenvalue weighted by atomic mass is 9.99. The standard InChI is InChI=1S/C76H148O17P2/c1-9-69(8)55-47-39-30-26-27-33-43-51-59-76(81)93-71(62-86-73(78)56-48-40-31-24-20-15-13-11-10-12-14-18-22-28-36-44-52-66(2)3)64-90-94(82,83)88-60-70(77)61-89-95(84,85)91-65-72(63-87-74(79)57-49-41-35-34-38-46-54-68(6)7)92-75(80)58-50-42-32-25-21-17-16-19-23-29-37-45-53-67(4)5/h66-72,77H,9-65H2,1-8H3,(H,82,83)(H,84,85)/t69?,70-,71-,72-/m1/s1. The second kappa shape index (κ2) is 65.4. The number of phosphoric ester groups is 2. The first-order valence-corrected chi connectivity index (χ1v) is 42.2. The molecule has 3 unspecified atom stereocenters. The molecule has 6 atom stereocenters. The van der Waals surface area contributed by atoms with Crippen molar-refractivity contribution in [2.75, 3.05) is 39.6 Å². The van der Waals surface area contributed by atoms with Crippen LogP contribution in [0.25, 0.3) is 0 Å². The van der Waals surface area contributed by atoms with Crippen LogP contribution in [0, 0.1) is 23.7 Å². The second-order valence-corrected chi connectivity index (χ2v) is 32.0. The fourth-order valence-electron chi connectivity index (χ4n) is 11.5. The Morgan fingerprint density at radius 3 is 0.747 bits per heavy atom. The molecule has 0 bridgehead atoms. The van der Waals surface area contributed by atoms with Gasteiger partial charge in [0.05, 0.1) is 26.4 Å². The molecule has 0 aliphatic heterocycles. The predicted octanol–water partition coefficient (Wildman–Crippen LogP) is 22.0. The number of ether oxygens (including phenoxy) is 4. The Kier molecular flexibility index (Phi) is 64.0. The monoisotopic (exact) mass is 1400 g/mol. The van der Waals surface area contributed by atoms with Gasteiger partial charge in [-0.2, -0.15) is 0 Å². The minimum Gasteiger partial charge on any atom is -0.462 e. The SMILES string of the molecule is CCC(C)CCCCCCCCCCC(=O)O[C@H](COC(=O)CCCCCCCCCCCCCCCCCCC(C)C)COP(=O)(O)OC[C@@H](O)COP(=O)(O)OC[C@@H](COC(=O)CCCCCCCCC(C)C)OC(=O)CCCCCCCCCCCCCCC(C)C. The largest absolute Gasteiger partial charge is 0.472 e. The lowest BCUT2D eigenvalue weighted by Gasteiger charge is -2.21. The molecule has 0 radical (unpaired) electrons. The number of aliphatic hydroxyl groups excluding tert-OH is 1. The minimum atomic E-state index is -4.96. The van der Waals surface area contributed by atoms with Crippen LogP contribution in [0.3, 0.4) is 0 Å². The van der Waals surface area contributed by atoms with E-state index in [0.717, 1.165) is 114 Å². The highest BCUT2D eigenvalue weighted by atomic mass is 31.2. The molecule has 0 saturated carbocycles. The van der Waals surface area contributed by atoms with Crippen molar-refractivity contribution in [1.29, 1.82) is 0 Å². The zero-order valence-corrected chi connectivity index (χ0v) is 64.1. The topological polar surface area (TPSA) is 237 Å². The highest BCUT2D eigenvalue weighted by molar-refractivity contribution is 7.47. The minimum absolute atomic E-state index is 0.105. The second-order valence-electron chi connectivity index (χ2n) is 29.1. The number of rotatable bonds is 73. The molecular weight excluding hydrogens is 1250 g/mol. The van der Waals surface area contributed by atoms with Crippen molar-refractivity contribution >= 4 is 39.5 Å². The summed E-state index contributed by atoms with van der Waals surface area (Å²) in [5, 5.41) is 10.6. The fourth-order valence-corrected chi connectivity index (χ4v) is 13.1.